The van der Waals surface area contributed by atoms with Crippen molar-refractivity contribution in [3.05, 3.63) is 6.20 Å². The van der Waals surface area contributed by atoms with Crippen LogP contribution >= 0.6 is 0 Å². The number of hydrogen-bond acceptors (Lipinski definition) is 8. The van der Waals surface area contributed by atoms with E-state index in [-0.39, 0.29) is 6.61 Å². The first-order valence-corrected chi connectivity index (χ1v) is 7.35. The summed E-state index contributed by atoms with van der Waals surface area (Å²) in [4.78, 5) is 0. The number of aliphatic hydroxyl groups excluding tert-OH is 2. The Hall–Kier alpha value is -1.84. The molecule has 1 fully saturated rings. The highest BCUT2D eigenvalue weighted by Crippen LogP contribution is 2.31. The van der Waals surface area contributed by atoms with Crippen molar-refractivity contribution in [1.29, 1.82) is 0 Å². The van der Waals surface area contributed by atoms with Gasteiger partial charge in [-0.3, -0.25) is 0 Å². The SMILES string of the molecule is CC(C)CNc1nnnc2c1cnn2[C@H]1C[C@H](O)[C@@H](CO)O1. The molecule has 3 rings (SSSR count). The van der Waals surface area contributed by atoms with Crippen molar-refractivity contribution in [2.24, 2.45) is 5.92 Å². The monoisotopic (exact) mass is 308 g/mol. The molecule has 0 amide bonds. The fourth-order valence-corrected chi connectivity index (χ4v) is 2.46. The Morgan fingerprint density at radius 2 is 2.27 bits per heavy atom. The molecule has 3 N–H and O–H groups in total. The van der Waals surface area contributed by atoms with E-state index in [9.17, 15) is 5.11 Å². The van der Waals surface area contributed by atoms with Crippen LogP contribution in [0, 0.1) is 5.92 Å². The van der Waals surface area contributed by atoms with Gasteiger partial charge in [-0.1, -0.05) is 13.8 Å². The van der Waals surface area contributed by atoms with Gasteiger partial charge in [-0.2, -0.15) is 5.10 Å². The highest BCUT2D eigenvalue weighted by molar-refractivity contribution is 5.85. The van der Waals surface area contributed by atoms with Crippen molar-refractivity contribution in [2.75, 3.05) is 18.5 Å². The first-order valence-electron chi connectivity index (χ1n) is 7.35. The Kier molecular flexibility index (Phi) is 4.19. The largest absolute Gasteiger partial charge is 0.394 e. The van der Waals surface area contributed by atoms with Crippen LogP contribution < -0.4 is 5.32 Å². The molecule has 0 unspecified atom stereocenters. The van der Waals surface area contributed by atoms with Crippen molar-refractivity contribution in [2.45, 2.75) is 38.7 Å². The minimum atomic E-state index is -0.720. The molecule has 1 aliphatic heterocycles. The zero-order valence-electron chi connectivity index (χ0n) is 12.5. The first kappa shape index (κ1) is 15.1. The average molecular weight is 308 g/mol. The van der Waals surface area contributed by atoms with Crippen LogP contribution in [0.15, 0.2) is 6.20 Å². The molecule has 9 nitrogen and oxygen atoms in total. The number of aliphatic hydroxyl groups is 2. The Balaban J connectivity index is 1.88. The second-order valence-corrected chi connectivity index (χ2v) is 5.85. The predicted octanol–water partition coefficient (Wildman–Crippen LogP) is -0.0701. The number of nitrogens with zero attached hydrogens (tertiary/aromatic N) is 5. The Morgan fingerprint density at radius 3 is 2.95 bits per heavy atom. The van der Waals surface area contributed by atoms with E-state index in [1.54, 1.807) is 10.9 Å². The molecule has 3 heterocycles. The number of nitrogens with one attached hydrogen (secondary N) is 1. The lowest BCUT2D eigenvalue weighted by atomic mass is 10.2. The third-order valence-electron chi connectivity index (χ3n) is 3.64. The maximum Gasteiger partial charge on any atom is 0.188 e. The number of aromatic nitrogens is 5. The molecular weight excluding hydrogens is 288 g/mol. The van der Waals surface area contributed by atoms with Crippen LogP contribution in [0.5, 0.6) is 0 Å². The summed E-state index contributed by atoms with van der Waals surface area (Å²) >= 11 is 0. The summed E-state index contributed by atoms with van der Waals surface area (Å²) in [6, 6.07) is 0. The molecule has 9 heteroatoms. The molecule has 0 aromatic carbocycles. The van der Waals surface area contributed by atoms with Crippen LogP contribution in [0.2, 0.25) is 0 Å². The smallest absolute Gasteiger partial charge is 0.188 e. The van der Waals surface area contributed by atoms with Crippen molar-refractivity contribution >= 4 is 16.9 Å². The van der Waals surface area contributed by atoms with Crippen LogP contribution in [0.3, 0.4) is 0 Å². The van der Waals surface area contributed by atoms with E-state index in [1.807, 2.05) is 0 Å². The van der Waals surface area contributed by atoms with Gasteiger partial charge in [0.15, 0.2) is 17.7 Å². The summed E-state index contributed by atoms with van der Waals surface area (Å²) in [5.41, 5.74) is 0.539. The Labute approximate surface area is 127 Å². The molecule has 0 radical (unpaired) electrons. The second-order valence-electron chi connectivity index (χ2n) is 5.85. The third kappa shape index (κ3) is 2.74. The molecule has 0 saturated carbocycles. The Morgan fingerprint density at radius 1 is 1.45 bits per heavy atom. The summed E-state index contributed by atoms with van der Waals surface area (Å²) in [7, 11) is 0. The van der Waals surface area contributed by atoms with Gasteiger partial charge in [0, 0.05) is 13.0 Å². The van der Waals surface area contributed by atoms with Crippen LogP contribution in [-0.4, -0.2) is 60.8 Å². The molecule has 3 atom stereocenters. The van der Waals surface area contributed by atoms with Gasteiger partial charge in [0.1, 0.15) is 6.10 Å². The van der Waals surface area contributed by atoms with Gasteiger partial charge < -0.3 is 20.3 Å². The predicted molar refractivity (Wildman–Crippen MR) is 78.1 cm³/mol. The Bertz CT molecular complexity index is 646. The normalized spacial score (nSPS) is 25.2. The van der Waals surface area contributed by atoms with Crippen LogP contribution in [0.25, 0.3) is 11.0 Å². The summed E-state index contributed by atoms with van der Waals surface area (Å²) in [6.45, 7) is 4.74. The lowest BCUT2D eigenvalue weighted by Gasteiger charge is -2.13. The van der Waals surface area contributed by atoms with Gasteiger partial charge in [-0.05, 0) is 11.1 Å². The maximum absolute atomic E-state index is 9.84. The van der Waals surface area contributed by atoms with E-state index < -0.39 is 18.4 Å². The van der Waals surface area contributed by atoms with E-state index in [0.29, 0.717) is 23.8 Å². The van der Waals surface area contributed by atoms with Gasteiger partial charge in [0.2, 0.25) is 0 Å². The number of hydrogen-bond donors (Lipinski definition) is 3. The molecule has 1 aliphatic rings. The minimum Gasteiger partial charge on any atom is -0.394 e. The summed E-state index contributed by atoms with van der Waals surface area (Å²) in [5, 5.41) is 39.1. The van der Waals surface area contributed by atoms with Gasteiger partial charge >= 0.3 is 0 Å². The lowest BCUT2D eigenvalue weighted by Crippen LogP contribution is -2.24. The third-order valence-corrected chi connectivity index (χ3v) is 3.64. The summed E-state index contributed by atoms with van der Waals surface area (Å²) in [5.74, 6) is 1.10. The van der Waals surface area contributed by atoms with E-state index in [1.165, 1.54) is 0 Å². The molecule has 0 aliphatic carbocycles. The van der Waals surface area contributed by atoms with Crippen molar-refractivity contribution in [3.63, 3.8) is 0 Å². The average Bonchev–Trinajstić information content (AvgIpc) is 3.08. The second kappa shape index (κ2) is 6.11. The molecule has 0 bridgehead atoms. The number of anilines is 1. The van der Waals surface area contributed by atoms with Gasteiger partial charge in [0.25, 0.3) is 0 Å². The quantitative estimate of drug-likeness (QED) is 0.702. The standard InChI is InChI=1S/C13H20N6O3/c1-7(2)4-14-12-8-5-15-19(13(8)17-18-16-12)11-3-9(21)10(6-20)22-11/h5,7,9-11,20-21H,3-4,6H2,1-2H3,(H,14,16,17)/t9-,10+,11+/m0/s1. The zero-order chi connectivity index (χ0) is 15.7. The minimum absolute atomic E-state index is 0.231. The molecule has 2 aromatic rings. The van der Waals surface area contributed by atoms with Crippen LogP contribution in [0.4, 0.5) is 5.82 Å². The summed E-state index contributed by atoms with van der Waals surface area (Å²) < 4.78 is 7.18. The van der Waals surface area contributed by atoms with Crippen molar-refractivity contribution < 1.29 is 14.9 Å². The van der Waals surface area contributed by atoms with Gasteiger partial charge in [-0.25, -0.2) is 4.68 Å². The molecule has 2 aromatic heterocycles. The van der Waals surface area contributed by atoms with Gasteiger partial charge in [-0.15, -0.1) is 10.2 Å². The zero-order valence-corrected chi connectivity index (χ0v) is 12.5. The maximum atomic E-state index is 9.84. The molecule has 0 spiro atoms. The lowest BCUT2D eigenvalue weighted by molar-refractivity contribution is -0.0470. The van der Waals surface area contributed by atoms with E-state index in [0.717, 1.165) is 11.9 Å². The van der Waals surface area contributed by atoms with E-state index in [2.05, 4.69) is 39.7 Å². The van der Waals surface area contributed by atoms with Gasteiger partial charge in [0.05, 0.1) is 24.3 Å². The fourth-order valence-electron chi connectivity index (χ4n) is 2.46. The van der Waals surface area contributed by atoms with E-state index in [4.69, 9.17) is 9.84 Å². The van der Waals surface area contributed by atoms with Crippen molar-refractivity contribution in [3.8, 4) is 0 Å². The molecule has 120 valence electrons. The topological polar surface area (TPSA) is 118 Å². The number of rotatable bonds is 5. The first-order chi connectivity index (χ1) is 10.6. The molecule has 1 saturated heterocycles. The number of fused-ring (bicyclic) bond motifs is 1. The fraction of sp³-hybridized carbons (Fsp3) is 0.692. The number of ether oxygens (including phenoxy) is 1. The van der Waals surface area contributed by atoms with Crippen molar-refractivity contribution in [1.82, 2.24) is 25.2 Å². The highest BCUT2D eigenvalue weighted by Gasteiger charge is 2.36. The highest BCUT2D eigenvalue weighted by atomic mass is 16.5. The molecular formula is C13H20N6O3. The summed E-state index contributed by atoms with van der Waals surface area (Å²) in [6.07, 6.45) is 0.210. The molecule has 22 heavy (non-hydrogen) atoms. The van der Waals surface area contributed by atoms with Crippen LogP contribution in [-0.2, 0) is 4.74 Å². The van der Waals surface area contributed by atoms with E-state index >= 15 is 0 Å². The van der Waals surface area contributed by atoms with Crippen LogP contribution in [0.1, 0.15) is 26.5 Å².